The fraction of sp³-hybridized carbons (Fsp3) is 1.00. The van der Waals surface area contributed by atoms with Crippen LogP contribution in [0.5, 0.6) is 0 Å². The molecule has 4 aliphatic carbocycles. The molecule has 24 heteroatoms. The maximum absolute atomic E-state index is 12.1. The first kappa shape index (κ1) is 57.3. The Balaban J connectivity index is 0.782. The molecule has 432 valence electrons. The second kappa shape index (κ2) is 22.1. The van der Waals surface area contributed by atoms with Crippen LogP contribution >= 0.6 is 0 Å². The predicted molar refractivity (Wildman–Crippen MR) is 250 cm³/mol. The lowest BCUT2D eigenvalue weighted by atomic mass is 9.43. The van der Waals surface area contributed by atoms with Gasteiger partial charge in [-0.2, -0.15) is 0 Å². The van der Waals surface area contributed by atoms with Gasteiger partial charge in [0.1, 0.15) is 97.7 Å². The number of rotatable bonds is 12. The van der Waals surface area contributed by atoms with Crippen molar-refractivity contribution < 1.29 is 119 Å². The summed E-state index contributed by atoms with van der Waals surface area (Å²) in [6, 6.07) is 0. The van der Waals surface area contributed by atoms with E-state index in [0.717, 1.165) is 45.1 Å². The fourth-order valence-electron chi connectivity index (χ4n) is 16.2. The first-order valence-electron chi connectivity index (χ1n) is 27.4. The summed E-state index contributed by atoms with van der Waals surface area (Å²) in [5.74, 6) is 1.74. The normalized spacial score (nSPS) is 58.0. The second-order valence-corrected chi connectivity index (χ2v) is 24.5. The minimum atomic E-state index is -2.07. The molecule has 6 saturated heterocycles. The zero-order valence-corrected chi connectivity index (χ0v) is 43.1. The predicted octanol–water partition coefficient (Wildman–Crippen LogP) is -3.94. The van der Waals surface area contributed by atoms with Crippen molar-refractivity contribution in [1.29, 1.82) is 0 Å². The summed E-state index contributed by atoms with van der Waals surface area (Å²) in [7, 11) is 0. The molecule has 0 aromatic rings. The van der Waals surface area contributed by atoms with Crippen molar-refractivity contribution in [2.45, 2.75) is 232 Å². The van der Waals surface area contributed by atoms with Crippen LogP contribution in [0, 0.1) is 52.3 Å². The van der Waals surface area contributed by atoms with Gasteiger partial charge in [-0.3, -0.25) is 0 Å². The first-order chi connectivity index (χ1) is 35.6. The Morgan fingerprint density at radius 2 is 1.01 bits per heavy atom. The van der Waals surface area contributed by atoms with Crippen molar-refractivity contribution in [2.75, 3.05) is 33.0 Å². The molecule has 10 aliphatic rings. The van der Waals surface area contributed by atoms with Gasteiger partial charge in [0.15, 0.2) is 30.9 Å². The molecular formula is C51H84O24. The van der Waals surface area contributed by atoms with Gasteiger partial charge in [-0.05, 0) is 97.7 Å². The van der Waals surface area contributed by atoms with Gasteiger partial charge in [0.2, 0.25) is 0 Å². The molecule has 0 unspecified atom stereocenters. The van der Waals surface area contributed by atoms with Crippen LogP contribution < -0.4 is 0 Å². The van der Waals surface area contributed by atoms with Crippen LogP contribution in [0.3, 0.4) is 0 Å². The molecule has 4 saturated carbocycles. The molecule has 24 nitrogen and oxygen atoms in total. The molecule has 75 heavy (non-hydrogen) atoms. The van der Waals surface area contributed by atoms with E-state index in [1.807, 2.05) is 0 Å². The molecule has 6 heterocycles. The van der Waals surface area contributed by atoms with Crippen LogP contribution in [-0.4, -0.2) is 251 Å². The van der Waals surface area contributed by atoms with E-state index >= 15 is 0 Å². The van der Waals surface area contributed by atoms with Gasteiger partial charge in [0, 0.05) is 12.3 Å². The average Bonchev–Trinajstić information content (AvgIpc) is 3.90. The van der Waals surface area contributed by atoms with Gasteiger partial charge in [0.25, 0.3) is 0 Å². The van der Waals surface area contributed by atoms with E-state index < -0.39 is 167 Å². The monoisotopic (exact) mass is 1080 g/mol. The van der Waals surface area contributed by atoms with E-state index in [9.17, 15) is 71.5 Å². The molecule has 10 rings (SSSR count). The lowest BCUT2D eigenvalue weighted by molar-refractivity contribution is -0.397. The third-order valence-electron chi connectivity index (χ3n) is 20.4. The Hall–Kier alpha value is -0.960. The van der Waals surface area contributed by atoms with Crippen LogP contribution in [0.25, 0.3) is 0 Å². The highest BCUT2D eigenvalue weighted by Crippen LogP contribution is 2.71. The van der Waals surface area contributed by atoms with Crippen molar-refractivity contribution in [2.24, 2.45) is 52.3 Å². The van der Waals surface area contributed by atoms with E-state index in [0.29, 0.717) is 48.9 Å². The Bertz CT molecular complexity index is 1910. The highest BCUT2D eigenvalue weighted by molar-refractivity contribution is 5.16. The second-order valence-electron chi connectivity index (χ2n) is 24.5. The van der Waals surface area contributed by atoms with Crippen molar-refractivity contribution in [3.63, 3.8) is 0 Å². The summed E-state index contributed by atoms with van der Waals surface area (Å²) in [5.41, 5.74) is -0.101. The first-order valence-corrected chi connectivity index (χ1v) is 27.4. The van der Waals surface area contributed by atoms with E-state index in [1.165, 1.54) is 0 Å². The minimum absolute atomic E-state index is 0.0786. The third kappa shape index (κ3) is 9.79. The number of aliphatic hydroxyl groups excluding tert-OH is 14. The standard InChI is InChI=1S/C51H84O24/c1-19-5-10-51(66-18-19)20(2)32-27(75-51)13-24-22-12-26(56)25-11-21(6-8-49(25,3)23(22)7-9-50(24,32)4)67-45-40(64)38(62)42(31(17-55)71-45)72-47-41(65)43(35(59)30(16-54)69-47)73-48-44(37(61)34(58)29(15-53)70-48)74-46-39(63)36(60)33(57)28(14-52)68-46/h19-48,52-65H,5-18H2,1-4H3/t19-,20-,21-,22-,23-,24+,25+,26-,27-,28+,29+,30+,31-,32-,33+,34+,35+,36-,37-,38-,39+,40-,41+,42-,43-,44+,45-,46-,47-,48-,49-,50+,51-/m1/s1. The van der Waals surface area contributed by atoms with Crippen LogP contribution in [0.15, 0.2) is 0 Å². The molecule has 14 N–H and O–H groups in total. The quantitative estimate of drug-likeness (QED) is 0.0830. The largest absolute Gasteiger partial charge is 0.394 e. The van der Waals surface area contributed by atoms with E-state index in [1.54, 1.807) is 0 Å². The summed E-state index contributed by atoms with van der Waals surface area (Å²) < 4.78 is 60.5. The molecule has 0 aromatic carbocycles. The summed E-state index contributed by atoms with van der Waals surface area (Å²) in [6.45, 7) is 6.65. The Morgan fingerprint density at radius 3 is 1.67 bits per heavy atom. The van der Waals surface area contributed by atoms with Gasteiger partial charge < -0.3 is 119 Å². The zero-order valence-electron chi connectivity index (χ0n) is 43.1. The summed E-state index contributed by atoms with van der Waals surface area (Å²) in [6.07, 6.45) is -29.1. The summed E-state index contributed by atoms with van der Waals surface area (Å²) >= 11 is 0. The van der Waals surface area contributed by atoms with Crippen molar-refractivity contribution in [3.05, 3.63) is 0 Å². The average molecular weight is 1080 g/mol. The topological polar surface area (TPSA) is 376 Å². The number of ether oxygens (including phenoxy) is 10. The number of aliphatic hydroxyl groups is 14. The van der Waals surface area contributed by atoms with E-state index in [2.05, 4.69) is 27.7 Å². The molecule has 10 fully saturated rings. The molecule has 0 aromatic heterocycles. The van der Waals surface area contributed by atoms with Gasteiger partial charge in [-0.1, -0.05) is 27.7 Å². The summed E-state index contributed by atoms with van der Waals surface area (Å²) in [4.78, 5) is 0. The molecule has 33 atom stereocenters. The maximum atomic E-state index is 12.1. The molecule has 0 bridgehead atoms. The van der Waals surface area contributed by atoms with Crippen molar-refractivity contribution in [3.8, 4) is 0 Å². The van der Waals surface area contributed by atoms with Gasteiger partial charge >= 0.3 is 0 Å². The maximum Gasteiger partial charge on any atom is 0.187 e. The Labute approximate surface area is 435 Å². The van der Waals surface area contributed by atoms with E-state index in [-0.39, 0.29) is 28.8 Å². The summed E-state index contributed by atoms with van der Waals surface area (Å²) in [5, 5.41) is 152. The van der Waals surface area contributed by atoms with E-state index in [4.69, 9.17) is 47.4 Å². The van der Waals surface area contributed by atoms with Crippen LogP contribution in [0.2, 0.25) is 0 Å². The zero-order chi connectivity index (χ0) is 53.8. The van der Waals surface area contributed by atoms with Crippen molar-refractivity contribution in [1.82, 2.24) is 0 Å². The Kier molecular flexibility index (Phi) is 16.9. The van der Waals surface area contributed by atoms with Gasteiger partial charge in [-0.15, -0.1) is 0 Å². The van der Waals surface area contributed by atoms with Crippen LogP contribution in [-0.2, 0) is 47.4 Å². The highest BCUT2D eigenvalue weighted by atomic mass is 16.8. The molecule has 0 amide bonds. The number of hydrogen-bond donors (Lipinski definition) is 14. The SMILES string of the molecule is C[C@@H]1CC[C@@]2(OC1)O[C@@H]1C[C@H]3[C@@H]4C[C@@H](O)[C@@H]5C[C@H](O[C@@H]6O[C@H](CO)[C@@H](O[C@H]7O[C@@H](CO)[C@H](O)[C@@H](O[C@H]8O[C@@H](CO)[C@H](O)[C@@H](O)[C@@H]8O[C@H]8O[C@@H](CO)[C@H](O)[C@@H](O)[C@@H]8O)[C@@H]7O)[C@H](O)[C@H]6O)CC[C@]5(C)[C@@H]4CC[C@]3(C)[C@@H]1[C@H]2C. The third-order valence-corrected chi connectivity index (χ3v) is 20.4. The van der Waals surface area contributed by atoms with Gasteiger partial charge in [0.05, 0.1) is 51.3 Å². The lowest BCUT2D eigenvalue weighted by Crippen LogP contribution is -2.68. The Morgan fingerprint density at radius 1 is 0.467 bits per heavy atom. The molecule has 6 aliphatic heterocycles. The lowest BCUT2D eigenvalue weighted by Gasteiger charge is -2.62. The van der Waals surface area contributed by atoms with Crippen molar-refractivity contribution >= 4 is 0 Å². The number of fused-ring (bicyclic) bond motifs is 7. The minimum Gasteiger partial charge on any atom is -0.394 e. The molecule has 1 spiro atoms. The molecule has 0 radical (unpaired) electrons. The smallest absolute Gasteiger partial charge is 0.187 e. The van der Waals surface area contributed by atoms with Gasteiger partial charge in [-0.25, -0.2) is 0 Å². The molecular weight excluding hydrogens is 997 g/mol. The fourth-order valence-corrected chi connectivity index (χ4v) is 16.2. The number of hydrogen-bond acceptors (Lipinski definition) is 24. The highest BCUT2D eigenvalue weighted by Gasteiger charge is 2.70. The van der Waals surface area contributed by atoms with Crippen LogP contribution in [0.1, 0.15) is 85.5 Å². The van der Waals surface area contributed by atoms with Crippen LogP contribution in [0.4, 0.5) is 0 Å².